The fraction of sp³-hybridized carbons (Fsp3) is 0.500. The van der Waals surface area contributed by atoms with Crippen molar-refractivity contribution in [3.8, 4) is 6.07 Å². The maximum absolute atomic E-state index is 9.51. The summed E-state index contributed by atoms with van der Waals surface area (Å²) in [6, 6.07) is 17.1. The third kappa shape index (κ3) is 3.91. The van der Waals surface area contributed by atoms with Crippen LogP contribution in [0.15, 0.2) is 48.7 Å². The van der Waals surface area contributed by atoms with Crippen LogP contribution in [0.3, 0.4) is 0 Å². The van der Waals surface area contributed by atoms with E-state index >= 15 is 0 Å². The van der Waals surface area contributed by atoms with Crippen molar-refractivity contribution >= 4 is 11.5 Å². The van der Waals surface area contributed by atoms with Gasteiger partial charge in [0.05, 0.1) is 24.6 Å². The highest BCUT2D eigenvalue weighted by atomic mass is 15.4. The van der Waals surface area contributed by atoms with Gasteiger partial charge in [-0.15, -0.1) is 0 Å². The molecular formula is C26H29N5. The van der Waals surface area contributed by atoms with Crippen LogP contribution in [-0.2, 0) is 0 Å². The van der Waals surface area contributed by atoms with E-state index in [1.165, 1.54) is 31.2 Å². The molecule has 2 saturated heterocycles. The molecule has 2 aromatic rings. The number of pyridine rings is 1. The van der Waals surface area contributed by atoms with E-state index in [2.05, 4.69) is 56.0 Å². The summed E-state index contributed by atoms with van der Waals surface area (Å²) in [5.74, 6) is 3.22. The summed E-state index contributed by atoms with van der Waals surface area (Å²) in [4.78, 5) is 12.8. The van der Waals surface area contributed by atoms with Crippen LogP contribution in [0.4, 0.5) is 11.5 Å². The summed E-state index contributed by atoms with van der Waals surface area (Å²) < 4.78 is 0. The third-order valence-electron chi connectivity index (χ3n) is 7.64. The molecule has 0 spiro atoms. The SMILES string of the molecule is [C-]#[N+]c1cccnc1N1CC(CC#N)(N2CCC(CC3CC3c3ccccc3)CC2)C1. The number of rotatable bonds is 6. The molecular weight excluding hydrogens is 382 g/mol. The van der Waals surface area contributed by atoms with E-state index in [0.717, 1.165) is 49.8 Å². The Balaban J connectivity index is 1.16. The molecule has 0 bridgehead atoms. The van der Waals surface area contributed by atoms with Gasteiger partial charge in [0.2, 0.25) is 5.69 Å². The number of likely N-dealkylation sites (tertiary alicyclic amines) is 1. The maximum atomic E-state index is 9.51. The van der Waals surface area contributed by atoms with Crippen LogP contribution >= 0.6 is 0 Å². The predicted octanol–water partition coefficient (Wildman–Crippen LogP) is 5.01. The van der Waals surface area contributed by atoms with E-state index in [1.54, 1.807) is 6.20 Å². The molecule has 3 fully saturated rings. The van der Waals surface area contributed by atoms with Gasteiger partial charge in [0.15, 0.2) is 0 Å². The summed E-state index contributed by atoms with van der Waals surface area (Å²) >= 11 is 0. The Morgan fingerprint density at radius 1 is 1.13 bits per heavy atom. The normalized spacial score (nSPS) is 25.3. The van der Waals surface area contributed by atoms with Crippen molar-refractivity contribution in [2.75, 3.05) is 31.1 Å². The lowest BCUT2D eigenvalue weighted by atomic mass is 9.81. The Kier molecular flexibility index (Phi) is 5.38. The Morgan fingerprint density at radius 3 is 2.61 bits per heavy atom. The van der Waals surface area contributed by atoms with Crippen LogP contribution in [0.2, 0.25) is 0 Å². The van der Waals surface area contributed by atoms with Crippen LogP contribution in [-0.4, -0.2) is 41.6 Å². The first kappa shape index (κ1) is 20.0. The predicted molar refractivity (Wildman–Crippen MR) is 122 cm³/mol. The van der Waals surface area contributed by atoms with Crippen molar-refractivity contribution < 1.29 is 0 Å². The number of anilines is 1. The number of nitriles is 1. The van der Waals surface area contributed by atoms with E-state index < -0.39 is 0 Å². The molecule has 5 rings (SSSR count). The molecule has 158 valence electrons. The molecule has 1 aromatic carbocycles. The number of hydrogen-bond acceptors (Lipinski definition) is 4. The van der Waals surface area contributed by atoms with Gasteiger partial charge >= 0.3 is 0 Å². The molecule has 1 saturated carbocycles. The maximum Gasteiger partial charge on any atom is 0.228 e. The topological polar surface area (TPSA) is 47.5 Å². The molecule has 5 heteroatoms. The van der Waals surface area contributed by atoms with Gasteiger partial charge in [0.25, 0.3) is 0 Å². The summed E-state index contributed by atoms with van der Waals surface area (Å²) in [6.07, 6.45) is 7.48. The molecule has 31 heavy (non-hydrogen) atoms. The average molecular weight is 412 g/mol. The number of aromatic nitrogens is 1. The first-order valence-electron chi connectivity index (χ1n) is 11.5. The average Bonchev–Trinajstić information content (AvgIpc) is 3.56. The Bertz CT molecular complexity index is 990. The van der Waals surface area contributed by atoms with Gasteiger partial charge < -0.3 is 4.90 Å². The van der Waals surface area contributed by atoms with E-state index in [1.807, 2.05) is 12.1 Å². The summed E-state index contributed by atoms with van der Waals surface area (Å²) in [5, 5.41) is 9.51. The number of hydrogen-bond donors (Lipinski definition) is 0. The fourth-order valence-corrected chi connectivity index (χ4v) is 5.79. The smallest absolute Gasteiger partial charge is 0.228 e. The lowest BCUT2D eigenvalue weighted by Crippen LogP contribution is -2.71. The molecule has 2 unspecified atom stereocenters. The van der Waals surface area contributed by atoms with Crippen LogP contribution in [0.1, 0.15) is 43.6 Å². The van der Waals surface area contributed by atoms with Gasteiger partial charge in [0, 0.05) is 19.3 Å². The van der Waals surface area contributed by atoms with Gasteiger partial charge in [-0.25, -0.2) is 4.85 Å². The minimum atomic E-state index is -0.0807. The number of piperidine rings is 1. The van der Waals surface area contributed by atoms with Crippen LogP contribution in [0, 0.1) is 29.7 Å². The first-order chi connectivity index (χ1) is 15.2. The lowest BCUT2D eigenvalue weighted by Gasteiger charge is -2.57. The van der Waals surface area contributed by atoms with E-state index in [4.69, 9.17) is 6.57 Å². The largest absolute Gasteiger partial charge is 0.361 e. The highest BCUT2D eigenvalue weighted by Gasteiger charge is 2.49. The van der Waals surface area contributed by atoms with Crippen molar-refractivity contribution in [1.29, 1.82) is 5.26 Å². The van der Waals surface area contributed by atoms with Gasteiger partial charge in [-0.2, -0.15) is 5.26 Å². The minimum Gasteiger partial charge on any atom is -0.361 e. The van der Waals surface area contributed by atoms with Gasteiger partial charge in [-0.05, 0) is 62.1 Å². The zero-order chi connectivity index (χ0) is 21.3. The zero-order valence-corrected chi connectivity index (χ0v) is 18.0. The second-order valence-corrected chi connectivity index (χ2v) is 9.55. The highest BCUT2D eigenvalue weighted by Crippen LogP contribution is 2.52. The van der Waals surface area contributed by atoms with E-state index in [0.29, 0.717) is 12.1 Å². The Morgan fingerprint density at radius 2 is 1.90 bits per heavy atom. The van der Waals surface area contributed by atoms with Crippen molar-refractivity contribution in [1.82, 2.24) is 9.88 Å². The second-order valence-electron chi connectivity index (χ2n) is 9.55. The summed E-state index contributed by atoms with van der Waals surface area (Å²) in [7, 11) is 0. The van der Waals surface area contributed by atoms with Crippen LogP contribution in [0.5, 0.6) is 0 Å². The molecule has 3 heterocycles. The van der Waals surface area contributed by atoms with Crippen LogP contribution in [0.25, 0.3) is 4.85 Å². The minimum absolute atomic E-state index is 0.0807. The van der Waals surface area contributed by atoms with Crippen molar-refractivity contribution in [3.05, 3.63) is 65.6 Å². The van der Waals surface area contributed by atoms with Gasteiger partial charge in [-0.1, -0.05) is 42.5 Å². The second kappa shape index (κ2) is 8.33. The molecule has 2 aliphatic heterocycles. The molecule has 0 radical (unpaired) electrons. The van der Waals surface area contributed by atoms with Crippen molar-refractivity contribution in [2.24, 2.45) is 11.8 Å². The van der Waals surface area contributed by atoms with Crippen molar-refractivity contribution in [3.63, 3.8) is 0 Å². The number of benzene rings is 1. The van der Waals surface area contributed by atoms with Crippen LogP contribution < -0.4 is 4.90 Å². The van der Waals surface area contributed by atoms with Crippen molar-refractivity contribution in [2.45, 2.75) is 43.6 Å². The number of nitrogens with zero attached hydrogens (tertiary/aromatic N) is 5. The summed E-state index contributed by atoms with van der Waals surface area (Å²) in [6.45, 7) is 11.2. The summed E-state index contributed by atoms with van der Waals surface area (Å²) in [5.41, 5.74) is 2.04. The molecule has 2 atom stereocenters. The monoisotopic (exact) mass is 411 g/mol. The Hall–Kier alpha value is -2.89. The molecule has 5 nitrogen and oxygen atoms in total. The molecule has 0 N–H and O–H groups in total. The van der Waals surface area contributed by atoms with Gasteiger partial charge in [0.1, 0.15) is 5.82 Å². The highest BCUT2D eigenvalue weighted by molar-refractivity contribution is 5.68. The first-order valence-corrected chi connectivity index (χ1v) is 11.5. The molecule has 3 aliphatic rings. The molecule has 1 aliphatic carbocycles. The quantitative estimate of drug-likeness (QED) is 0.627. The van der Waals surface area contributed by atoms with Gasteiger partial charge in [-0.3, -0.25) is 9.88 Å². The standard InChI is InChI=1S/C26H29N5/c1-28-24-8-5-13-29-25(24)30-18-26(19-30,11-12-27)31-14-9-20(10-15-31)16-22-17-23(22)21-6-3-2-4-7-21/h2-8,13,20,22-23H,9-11,14-19H2. The van der Waals surface area contributed by atoms with E-state index in [9.17, 15) is 5.26 Å². The third-order valence-corrected chi connectivity index (χ3v) is 7.64. The zero-order valence-electron chi connectivity index (χ0n) is 18.0. The lowest BCUT2D eigenvalue weighted by molar-refractivity contribution is 0.0276. The van der Waals surface area contributed by atoms with E-state index in [-0.39, 0.29) is 5.54 Å². The molecule has 1 aromatic heterocycles. The molecule has 0 amide bonds. The Labute approximate surface area is 185 Å². The fourth-order valence-electron chi connectivity index (χ4n) is 5.79.